The molecule has 5 heteroatoms. The quantitative estimate of drug-likeness (QED) is 0.374. The molecule has 0 aliphatic rings. The number of rotatable bonds is 9. The van der Waals surface area contributed by atoms with Crippen molar-refractivity contribution in [2.24, 2.45) is 5.10 Å². The second-order valence-electron chi connectivity index (χ2n) is 7.11. The summed E-state index contributed by atoms with van der Waals surface area (Å²) in [6.45, 7) is 2.07. The average Bonchev–Trinajstić information content (AvgIpc) is 2.82. The smallest absolute Gasteiger partial charge is 0.240 e. The highest BCUT2D eigenvalue weighted by molar-refractivity contribution is 6.02. The molecule has 0 heterocycles. The van der Waals surface area contributed by atoms with Crippen LogP contribution in [0.3, 0.4) is 0 Å². The third kappa shape index (κ3) is 6.37. The summed E-state index contributed by atoms with van der Waals surface area (Å²) in [5.74, 6) is -0.424. The van der Waals surface area contributed by atoms with Gasteiger partial charge in [0.15, 0.2) is 0 Å². The number of nitrogens with zero attached hydrogens (tertiary/aromatic N) is 2. The van der Waals surface area contributed by atoms with E-state index in [1.165, 1.54) is 0 Å². The van der Waals surface area contributed by atoms with Crippen LogP contribution in [0.15, 0.2) is 96.1 Å². The van der Waals surface area contributed by atoms with E-state index in [0.717, 1.165) is 35.5 Å². The van der Waals surface area contributed by atoms with E-state index in [9.17, 15) is 9.59 Å². The van der Waals surface area contributed by atoms with Crippen molar-refractivity contribution in [2.45, 2.75) is 32.6 Å². The molecule has 0 bridgehead atoms. The van der Waals surface area contributed by atoms with Gasteiger partial charge in [-0.05, 0) is 36.2 Å². The van der Waals surface area contributed by atoms with Gasteiger partial charge in [-0.2, -0.15) is 5.10 Å². The fourth-order valence-electron chi connectivity index (χ4n) is 3.24. The SMILES string of the molecule is CCC/C(=N\NC(=O)CCC(=O)N(c1ccccc1)c1ccccc1)c1ccccc1. The van der Waals surface area contributed by atoms with Crippen LogP contribution in [0.25, 0.3) is 0 Å². The molecular formula is C26H27N3O2. The van der Waals surface area contributed by atoms with Crippen LogP contribution in [-0.4, -0.2) is 17.5 Å². The number of hydrogen-bond acceptors (Lipinski definition) is 3. The van der Waals surface area contributed by atoms with Gasteiger partial charge in [0.05, 0.1) is 5.71 Å². The van der Waals surface area contributed by atoms with E-state index >= 15 is 0 Å². The van der Waals surface area contributed by atoms with Crippen molar-refractivity contribution in [1.82, 2.24) is 5.43 Å². The zero-order valence-electron chi connectivity index (χ0n) is 17.7. The summed E-state index contributed by atoms with van der Waals surface area (Å²) in [7, 11) is 0. The lowest BCUT2D eigenvalue weighted by Gasteiger charge is -2.23. The number of carbonyl (C=O) groups is 2. The summed E-state index contributed by atoms with van der Waals surface area (Å²) in [6.07, 6.45) is 1.83. The van der Waals surface area contributed by atoms with Crippen molar-refractivity contribution >= 4 is 28.9 Å². The first-order chi connectivity index (χ1) is 15.2. The zero-order valence-corrected chi connectivity index (χ0v) is 17.7. The molecule has 0 saturated carbocycles. The van der Waals surface area contributed by atoms with Crippen LogP contribution >= 0.6 is 0 Å². The van der Waals surface area contributed by atoms with Crippen LogP contribution in [0.5, 0.6) is 0 Å². The van der Waals surface area contributed by atoms with E-state index in [1.807, 2.05) is 91.0 Å². The summed E-state index contributed by atoms with van der Waals surface area (Å²) in [4.78, 5) is 27.1. The van der Waals surface area contributed by atoms with E-state index < -0.39 is 0 Å². The van der Waals surface area contributed by atoms with Gasteiger partial charge in [0, 0.05) is 24.2 Å². The zero-order chi connectivity index (χ0) is 21.9. The molecule has 31 heavy (non-hydrogen) atoms. The Morgan fingerprint density at radius 1 is 0.742 bits per heavy atom. The Morgan fingerprint density at radius 2 is 1.26 bits per heavy atom. The second kappa shape index (κ2) is 11.5. The van der Waals surface area contributed by atoms with Crippen molar-refractivity contribution in [2.75, 3.05) is 4.90 Å². The fraction of sp³-hybridized carbons (Fsp3) is 0.192. The van der Waals surface area contributed by atoms with Gasteiger partial charge in [-0.25, -0.2) is 5.43 Å². The maximum atomic E-state index is 13.0. The summed E-state index contributed by atoms with van der Waals surface area (Å²) >= 11 is 0. The molecule has 1 N–H and O–H groups in total. The molecule has 5 nitrogen and oxygen atoms in total. The molecular weight excluding hydrogens is 386 g/mol. The Morgan fingerprint density at radius 3 is 1.77 bits per heavy atom. The average molecular weight is 414 g/mol. The molecule has 0 spiro atoms. The van der Waals surface area contributed by atoms with Crippen molar-refractivity contribution in [1.29, 1.82) is 0 Å². The lowest BCUT2D eigenvalue weighted by Crippen LogP contribution is -2.28. The van der Waals surface area contributed by atoms with E-state index in [2.05, 4.69) is 17.5 Å². The molecule has 0 aromatic heterocycles. The Balaban J connectivity index is 1.66. The molecule has 3 aromatic rings. The lowest BCUT2D eigenvalue weighted by molar-refractivity contribution is -0.124. The van der Waals surface area contributed by atoms with E-state index in [1.54, 1.807) is 4.90 Å². The molecule has 0 atom stereocenters. The maximum absolute atomic E-state index is 13.0. The van der Waals surface area contributed by atoms with Gasteiger partial charge in [0.1, 0.15) is 0 Å². The second-order valence-corrected chi connectivity index (χ2v) is 7.11. The predicted octanol–water partition coefficient (Wildman–Crippen LogP) is 5.45. The standard InChI is InChI=1S/C26H27N3O2/c1-2-12-24(21-13-6-3-7-14-21)27-28-25(30)19-20-26(31)29(22-15-8-4-9-16-22)23-17-10-5-11-18-23/h3-11,13-18H,2,12,19-20H2,1H3,(H,28,30)/b27-24+. The fourth-order valence-corrected chi connectivity index (χ4v) is 3.24. The summed E-state index contributed by atoms with van der Waals surface area (Å²) in [5, 5.41) is 4.31. The number of benzene rings is 3. The summed E-state index contributed by atoms with van der Waals surface area (Å²) in [5.41, 5.74) is 5.98. The predicted molar refractivity (Wildman–Crippen MR) is 125 cm³/mol. The number of para-hydroxylation sites is 2. The third-order valence-electron chi connectivity index (χ3n) is 4.75. The third-order valence-corrected chi connectivity index (χ3v) is 4.75. The highest BCUT2D eigenvalue weighted by atomic mass is 16.2. The molecule has 0 aliphatic heterocycles. The monoisotopic (exact) mass is 413 g/mol. The molecule has 158 valence electrons. The van der Waals surface area contributed by atoms with Crippen LogP contribution in [0.2, 0.25) is 0 Å². The van der Waals surface area contributed by atoms with Gasteiger partial charge in [-0.3, -0.25) is 14.5 Å². The first-order valence-electron chi connectivity index (χ1n) is 10.5. The molecule has 3 rings (SSSR count). The van der Waals surface area contributed by atoms with E-state index in [-0.39, 0.29) is 24.7 Å². The highest BCUT2D eigenvalue weighted by Gasteiger charge is 2.18. The minimum absolute atomic E-state index is 0.0622. The van der Waals surface area contributed by atoms with Crippen molar-refractivity contribution < 1.29 is 9.59 Å². The number of hydrogen-bond donors (Lipinski definition) is 1. The van der Waals surface area contributed by atoms with E-state index in [0.29, 0.717) is 0 Å². The van der Waals surface area contributed by atoms with Gasteiger partial charge in [-0.15, -0.1) is 0 Å². The molecule has 3 aromatic carbocycles. The first kappa shape index (κ1) is 22.0. The Hall–Kier alpha value is -3.73. The Labute approximate surface area is 183 Å². The molecule has 0 aliphatic carbocycles. The topological polar surface area (TPSA) is 61.8 Å². The lowest BCUT2D eigenvalue weighted by atomic mass is 10.1. The molecule has 0 radical (unpaired) electrons. The van der Waals surface area contributed by atoms with Crippen molar-refractivity contribution in [3.63, 3.8) is 0 Å². The van der Waals surface area contributed by atoms with Gasteiger partial charge in [0.25, 0.3) is 0 Å². The molecule has 0 fully saturated rings. The highest BCUT2D eigenvalue weighted by Crippen LogP contribution is 2.26. The van der Waals surface area contributed by atoms with Gasteiger partial charge in [0.2, 0.25) is 11.8 Å². The molecule has 0 saturated heterocycles. The number of hydrazone groups is 1. The minimum Gasteiger partial charge on any atom is -0.281 e. The molecule has 2 amide bonds. The Bertz CT molecular complexity index is 963. The van der Waals surface area contributed by atoms with Crippen LogP contribution in [-0.2, 0) is 9.59 Å². The van der Waals surface area contributed by atoms with Crippen LogP contribution in [0, 0.1) is 0 Å². The number of nitrogens with one attached hydrogen (secondary N) is 1. The number of carbonyl (C=O) groups excluding carboxylic acids is 2. The number of anilines is 2. The maximum Gasteiger partial charge on any atom is 0.240 e. The van der Waals surface area contributed by atoms with Crippen molar-refractivity contribution in [3.05, 3.63) is 96.6 Å². The normalized spacial score (nSPS) is 11.1. The van der Waals surface area contributed by atoms with Crippen molar-refractivity contribution in [3.8, 4) is 0 Å². The number of amides is 2. The largest absolute Gasteiger partial charge is 0.281 e. The van der Waals surface area contributed by atoms with Crippen LogP contribution in [0.1, 0.15) is 38.2 Å². The first-order valence-corrected chi connectivity index (χ1v) is 10.5. The summed E-state index contributed by atoms with van der Waals surface area (Å²) < 4.78 is 0. The minimum atomic E-state index is -0.279. The van der Waals surface area contributed by atoms with Crippen LogP contribution in [0.4, 0.5) is 11.4 Å². The molecule has 0 unspecified atom stereocenters. The van der Waals surface area contributed by atoms with Gasteiger partial charge >= 0.3 is 0 Å². The van der Waals surface area contributed by atoms with Gasteiger partial charge < -0.3 is 0 Å². The Kier molecular flexibility index (Phi) is 8.12. The summed E-state index contributed by atoms with van der Waals surface area (Å²) in [6, 6.07) is 28.7. The van der Waals surface area contributed by atoms with Gasteiger partial charge in [-0.1, -0.05) is 80.1 Å². The van der Waals surface area contributed by atoms with Crippen LogP contribution < -0.4 is 10.3 Å². The van der Waals surface area contributed by atoms with E-state index in [4.69, 9.17) is 0 Å².